The van der Waals surface area contributed by atoms with E-state index in [4.69, 9.17) is 0 Å². The van der Waals surface area contributed by atoms with E-state index in [0.717, 1.165) is 12.1 Å². The monoisotopic (exact) mass is 334 g/mol. The van der Waals surface area contributed by atoms with Crippen molar-refractivity contribution in [2.24, 2.45) is 0 Å². The molecule has 0 saturated carbocycles. The van der Waals surface area contributed by atoms with Crippen LogP contribution in [0.1, 0.15) is 16.8 Å². The van der Waals surface area contributed by atoms with Crippen molar-refractivity contribution in [2.75, 3.05) is 18.4 Å². The fourth-order valence-electron chi connectivity index (χ4n) is 2.68. The van der Waals surface area contributed by atoms with E-state index in [0.29, 0.717) is 12.4 Å². The van der Waals surface area contributed by atoms with Gasteiger partial charge in [-0.3, -0.25) is 4.79 Å². The first kappa shape index (κ1) is 16.3. The molecule has 1 aromatic carbocycles. The van der Waals surface area contributed by atoms with Crippen LogP contribution in [0.4, 0.5) is 14.7 Å². The van der Waals surface area contributed by atoms with Gasteiger partial charge in [-0.15, -0.1) is 0 Å². The number of hydrogen-bond donors (Lipinski definition) is 2. The molecule has 126 valence electrons. The number of carbonyl (C=O) groups is 1. The molecule has 2 N–H and O–H groups in total. The number of aliphatic hydroxyl groups excluding tert-OH is 1. The van der Waals surface area contributed by atoms with Crippen LogP contribution in [-0.2, 0) is 0 Å². The molecule has 6 nitrogen and oxygen atoms in total. The molecule has 0 spiro atoms. The summed E-state index contributed by atoms with van der Waals surface area (Å²) in [5.74, 6) is -2.21. The maximum absolute atomic E-state index is 13.7. The number of likely N-dealkylation sites (tertiary alicyclic amines) is 1. The summed E-state index contributed by atoms with van der Waals surface area (Å²) in [6.07, 6.45) is 2.64. The van der Waals surface area contributed by atoms with Crippen LogP contribution in [-0.4, -0.2) is 51.1 Å². The molecule has 1 aromatic heterocycles. The lowest BCUT2D eigenvalue weighted by Gasteiger charge is -2.36. The molecule has 1 aliphatic heterocycles. The highest BCUT2D eigenvalue weighted by molar-refractivity contribution is 5.94. The Morgan fingerprint density at radius 1 is 1.21 bits per heavy atom. The van der Waals surface area contributed by atoms with Crippen molar-refractivity contribution in [1.29, 1.82) is 0 Å². The molecule has 3 rings (SSSR count). The Morgan fingerprint density at radius 3 is 2.50 bits per heavy atom. The molecule has 1 aliphatic rings. The quantitative estimate of drug-likeness (QED) is 0.888. The minimum atomic E-state index is -0.910. The van der Waals surface area contributed by atoms with Crippen molar-refractivity contribution in [2.45, 2.75) is 18.6 Å². The average molecular weight is 334 g/mol. The van der Waals surface area contributed by atoms with Crippen LogP contribution >= 0.6 is 0 Å². The summed E-state index contributed by atoms with van der Waals surface area (Å²) in [6.45, 7) is 0.227. The van der Waals surface area contributed by atoms with E-state index >= 15 is 0 Å². The zero-order chi connectivity index (χ0) is 17.1. The zero-order valence-electron chi connectivity index (χ0n) is 12.7. The fraction of sp³-hybridized carbons (Fsp3) is 0.312. The molecule has 8 heteroatoms. The van der Waals surface area contributed by atoms with Crippen molar-refractivity contribution in [3.63, 3.8) is 0 Å². The number of carbonyl (C=O) groups excluding carboxylic acids is 1. The third-order valence-corrected chi connectivity index (χ3v) is 3.93. The van der Waals surface area contributed by atoms with Crippen molar-refractivity contribution in [3.8, 4) is 0 Å². The second-order valence-corrected chi connectivity index (χ2v) is 5.53. The number of nitrogens with zero attached hydrogens (tertiary/aromatic N) is 3. The van der Waals surface area contributed by atoms with Gasteiger partial charge in [0.25, 0.3) is 5.91 Å². The Morgan fingerprint density at radius 2 is 1.88 bits per heavy atom. The van der Waals surface area contributed by atoms with Gasteiger partial charge in [0.2, 0.25) is 5.95 Å². The largest absolute Gasteiger partial charge is 0.389 e. The number of piperidine rings is 1. The van der Waals surface area contributed by atoms with Gasteiger partial charge in [-0.25, -0.2) is 18.7 Å². The lowest BCUT2D eigenvalue weighted by atomic mass is 10.0. The minimum Gasteiger partial charge on any atom is -0.389 e. The topological polar surface area (TPSA) is 78.4 Å². The third kappa shape index (κ3) is 3.33. The summed E-state index contributed by atoms with van der Waals surface area (Å²) in [5, 5.41) is 13.2. The van der Waals surface area contributed by atoms with Gasteiger partial charge in [-0.1, -0.05) is 6.07 Å². The predicted molar refractivity (Wildman–Crippen MR) is 82.3 cm³/mol. The lowest BCUT2D eigenvalue weighted by molar-refractivity contribution is 0.0418. The number of amides is 1. The summed E-state index contributed by atoms with van der Waals surface area (Å²) < 4.78 is 27.5. The molecule has 1 amide bonds. The van der Waals surface area contributed by atoms with Crippen LogP contribution in [0.25, 0.3) is 0 Å². The predicted octanol–water partition coefficient (Wildman–Crippen LogP) is 1.44. The Hall–Kier alpha value is -2.61. The van der Waals surface area contributed by atoms with E-state index < -0.39 is 29.2 Å². The van der Waals surface area contributed by atoms with Gasteiger partial charge in [0, 0.05) is 25.5 Å². The van der Waals surface area contributed by atoms with Crippen molar-refractivity contribution < 1.29 is 18.7 Å². The summed E-state index contributed by atoms with van der Waals surface area (Å²) in [6, 6.07) is 4.60. The van der Waals surface area contributed by atoms with E-state index in [2.05, 4.69) is 15.3 Å². The Kier molecular flexibility index (Phi) is 4.66. The van der Waals surface area contributed by atoms with Crippen LogP contribution in [0.2, 0.25) is 0 Å². The molecule has 2 unspecified atom stereocenters. The van der Waals surface area contributed by atoms with E-state index in [1.54, 1.807) is 18.5 Å². The first-order chi connectivity index (χ1) is 11.6. The molecule has 0 radical (unpaired) electrons. The first-order valence-electron chi connectivity index (χ1n) is 7.51. The molecule has 0 aliphatic carbocycles. The van der Waals surface area contributed by atoms with Crippen LogP contribution in [0.15, 0.2) is 36.7 Å². The highest BCUT2D eigenvalue weighted by atomic mass is 19.1. The molecule has 24 heavy (non-hydrogen) atoms. The standard InChI is InChI=1S/C16H16F2N4O2/c17-10-3-1-4-11(18)14(10)15(24)22-8-5-12(13(23)9-22)21-16-19-6-2-7-20-16/h1-4,6-7,12-13,23H,5,8-9H2,(H,19,20,21). The number of aromatic nitrogens is 2. The summed E-state index contributed by atoms with van der Waals surface area (Å²) >= 11 is 0. The number of rotatable bonds is 3. The van der Waals surface area contributed by atoms with Gasteiger partial charge in [0.1, 0.15) is 17.2 Å². The molecular formula is C16H16F2N4O2. The minimum absolute atomic E-state index is 0.0306. The second-order valence-electron chi connectivity index (χ2n) is 5.53. The molecule has 2 atom stereocenters. The molecular weight excluding hydrogens is 318 g/mol. The lowest BCUT2D eigenvalue weighted by Crippen LogP contribution is -2.52. The van der Waals surface area contributed by atoms with Crippen molar-refractivity contribution in [1.82, 2.24) is 14.9 Å². The zero-order valence-corrected chi connectivity index (χ0v) is 12.7. The molecule has 2 heterocycles. The van der Waals surface area contributed by atoms with Gasteiger partial charge in [-0.05, 0) is 24.6 Å². The van der Waals surface area contributed by atoms with E-state index in [1.807, 2.05) is 0 Å². The maximum atomic E-state index is 13.7. The van der Waals surface area contributed by atoms with Crippen LogP contribution in [0, 0.1) is 11.6 Å². The van der Waals surface area contributed by atoms with E-state index in [1.165, 1.54) is 11.0 Å². The summed E-state index contributed by atoms with van der Waals surface area (Å²) in [5.41, 5.74) is -0.595. The van der Waals surface area contributed by atoms with Crippen LogP contribution in [0.5, 0.6) is 0 Å². The van der Waals surface area contributed by atoms with Crippen LogP contribution < -0.4 is 5.32 Å². The number of anilines is 1. The second kappa shape index (κ2) is 6.88. The number of aliphatic hydroxyl groups is 1. The van der Waals surface area contributed by atoms with Gasteiger partial charge < -0.3 is 15.3 Å². The Labute approximate surface area is 137 Å². The number of hydrogen-bond acceptors (Lipinski definition) is 5. The summed E-state index contributed by atoms with van der Waals surface area (Å²) in [4.78, 5) is 21.6. The normalized spacial score (nSPS) is 20.7. The maximum Gasteiger partial charge on any atom is 0.259 e. The van der Waals surface area contributed by atoms with Gasteiger partial charge in [0.05, 0.1) is 12.1 Å². The van der Waals surface area contributed by atoms with Gasteiger partial charge in [0.15, 0.2) is 0 Å². The summed E-state index contributed by atoms with van der Waals surface area (Å²) in [7, 11) is 0. The molecule has 1 fully saturated rings. The Balaban J connectivity index is 1.68. The third-order valence-electron chi connectivity index (χ3n) is 3.93. The van der Waals surface area contributed by atoms with E-state index in [-0.39, 0.29) is 19.1 Å². The average Bonchev–Trinajstić information content (AvgIpc) is 2.57. The number of nitrogens with one attached hydrogen (secondary N) is 1. The molecule has 2 aromatic rings. The van der Waals surface area contributed by atoms with Gasteiger partial charge >= 0.3 is 0 Å². The smallest absolute Gasteiger partial charge is 0.259 e. The van der Waals surface area contributed by atoms with Crippen molar-refractivity contribution >= 4 is 11.9 Å². The Bertz CT molecular complexity index is 709. The van der Waals surface area contributed by atoms with E-state index in [9.17, 15) is 18.7 Å². The highest BCUT2D eigenvalue weighted by Crippen LogP contribution is 2.20. The number of benzene rings is 1. The molecule has 1 saturated heterocycles. The number of halogens is 2. The fourth-order valence-corrected chi connectivity index (χ4v) is 2.68. The highest BCUT2D eigenvalue weighted by Gasteiger charge is 2.32. The first-order valence-corrected chi connectivity index (χ1v) is 7.51. The van der Waals surface area contributed by atoms with Crippen molar-refractivity contribution in [3.05, 3.63) is 53.9 Å². The van der Waals surface area contributed by atoms with Crippen LogP contribution in [0.3, 0.4) is 0 Å². The molecule has 0 bridgehead atoms. The number of β-amino-alcohol motifs (C(OH)–C–C–N with tert-alkyl or cyclic N) is 1. The SMILES string of the molecule is O=C(c1c(F)cccc1F)N1CCC(Nc2ncccn2)C(O)C1. The van der Waals surface area contributed by atoms with Gasteiger partial charge in [-0.2, -0.15) is 0 Å².